The predicted molar refractivity (Wildman–Crippen MR) is 105 cm³/mol. The molecule has 6 aliphatic rings. The van der Waals surface area contributed by atoms with Gasteiger partial charge < -0.3 is 11.1 Å². The van der Waals surface area contributed by atoms with Gasteiger partial charge in [0.1, 0.15) is 0 Å². The van der Waals surface area contributed by atoms with Gasteiger partial charge in [0.25, 0.3) is 0 Å². The Kier molecular flexibility index (Phi) is 4.98. The van der Waals surface area contributed by atoms with Crippen molar-refractivity contribution in [1.29, 1.82) is 0 Å². The second kappa shape index (κ2) is 7.16. The van der Waals surface area contributed by atoms with Gasteiger partial charge in [0.15, 0.2) is 0 Å². The molecule has 1 aliphatic heterocycles. The zero-order valence-corrected chi connectivity index (χ0v) is 17.8. The van der Waals surface area contributed by atoms with Crippen LogP contribution in [0, 0.1) is 29.6 Å². The Labute approximate surface area is 173 Å². The molecule has 0 aromatic heterocycles. The van der Waals surface area contributed by atoms with E-state index in [1.165, 1.54) is 32.1 Å². The Hall–Kier alpha value is -0.730. The normalized spacial score (nSPS) is 46.4. The Bertz CT molecular complexity index is 598. The molecular formula is C22H36N2O5. The highest BCUT2D eigenvalue weighted by atomic mass is 17.4. The summed E-state index contributed by atoms with van der Waals surface area (Å²) in [5, 5.41) is 2.93. The predicted octanol–water partition coefficient (Wildman–Crippen LogP) is 3.18. The minimum atomic E-state index is -0.813. The summed E-state index contributed by atoms with van der Waals surface area (Å²) in [6, 6.07) is 0. The number of carbonyl (C=O) groups excluding carboxylic acids is 1. The number of hydrogen-bond acceptors (Lipinski definition) is 6. The van der Waals surface area contributed by atoms with Crippen LogP contribution in [0.15, 0.2) is 0 Å². The largest absolute Gasteiger partial charge is 0.354 e. The third-order valence-corrected chi connectivity index (χ3v) is 8.01. The average molecular weight is 409 g/mol. The van der Waals surface area contributed by atoms with E-state index in [9.17, 15) is 4.79 Å². The summed E-state index contributed by atoms with van der Waals surface area (Å²) in [5.74, 6) is 1.33. The first kappa shape index (κ1) is 20.2. The molecule has 6 rings (SSSR count). The highest BCUT2D eigenvalue weighted by Gasteiger charge is 2.64. The fourth-order valence-corrected chi connectivity index (χ4v) is 6.57. The maximum absolute atomic E-state index is 12.2. The SMILES string of the molecule is CC(C)(N)CNC(=O)CC1CCC2(CC1)OOC1(OO2)C2CC3CC(C2)CC1C3. The minimum Gasteiger partial charge on any atom is -0.354 e. The molecule has 29 heavy (non-hydrogen) atoms. The molecule has 1 saturated heterocycles. The molecule has 0 aromatic carbocycles. The van der Waals surface area contributed by atoms with Crippen LogP contribution >= 0.6 is 0 Å². The molecule has 6 fully saturated rings. The molecule has 3 N–H and O–H groups in total. The lowest BCUT2D eigenvalue weighted by Gasteiger charge is -2.60. The highest BCUT2D eigenvalue weighted by molar-refractivity contribution is 5.76. The molecular weight excluding hydrogens is 372 g/mol. The molecule has 0 unspecified atom stereocenters. The quantitative estimate of drug-likeness (QED) is 0.694. The van der Waals surface area contributed by atoms with Crippen LogP contribution in [-0.4, -0.2) is 29.6 Å². The standard InChI is InChI=1S/C22H36N2O5/c1-20(2,23)13-24-19(25)12-14-3-5-21(6-4-14)26-28-22(29-27-21)17-8-15-7-16(10-17)11-18(22)9-15/h14-18H,3-13,23H2,1-2H3,(H,24,25). The van der Waals surface area contributed by atoms with Gasteiger partial charge >= 0.3 is 0 Å². The highest BCUT2D eigenvalue weighted by Crippen LogP contribution is 2.61. The fourth-order valence-electron chi connectivity index (χ4n) is 6.57. The Morgan fingerprint density at radius 2 is 1.52 bits per heavy atom. The monoisotopic (exact) mass is 408 g/mol. The summed E-state index contributed by atoms with van der Waals surface area (Å²) in [6.45, 7) is 4.31. The van der Waals surface area contributed by atoms with E-state index in [4.69, 9.17) is 25.3 Å². The summed E-state index contributed by atoms with van der Waals surface area (Å²) in [5.41, 5.74) is 5.55. The van der Waals surface area contributed by atoms with Crippen LogP contribution in [0.2, 0.25) is 0 Å². The van der Waals surface area contributed by atoms with Gasteiger partial charge in [0, 0.05) is 43.2 Å². The second-order valence-corrected chi connectivity index (χ2v) is 11.2. The molecule has 5 saturated carbocycles. The van der Waals surface area contributed by atoms with Crippen molar-refractivity contribution in [3.63, 3.8) is 0 Å². The van der Waals surface area contributed by atoms with Gasteiger partial charge in [0.2, 0.25) is 17.5 Å². The first-order valence-corrected chi connectivity index (χ1v) is 11.5. The first-order valence-electron chi connectivity index (χ1n) is 11.5. The van der Waals surface area contributed by atoms with E-state index in [0.29, 0.717) is 43.6 Å². The number of nitrogens with two attached hydrogens (primary N) is 1. The summed E-state index contributed by atoms with van der Waals surface area (Å²) >= 11 is 0. The van der Waals surface area contributed by atoms with Crippen LogP contribution in [0.1, 0.15) is 78.1 Å². The van der Waals surface area contributed by atoms with Crippen LogP contribution in [0.3, 0.4) is 0 Å². The van der Waals surface area contributed by atoms with Crippen molar-refractivity contribution in [2.24, 2.45) is 35.3 Å². The average Bonchev–Trinajstić information content (AvgIpc) is 2.67. The number of amides is 1. The summed E-state index contributed by atoms with van der Waals surface area (Å²) < 4.78 is 0. The second-order valence-electron chi connectivity index (χ2n) is 11.2. The molecule has 164 valence electrons. The van der Waals surface area contributed by atoms with E-state index >= 15 is 0 Å². The van der Waals surface area contributed by atoms with E-state index in [-0.39, 0.29) is 5.91 Å². The molecule has 7 nitrogen and oxygen atoms in total. The lowest BCUT2D eigenvalue weighted by atomic mass is 9.53. The molecule has 1 heterocycles. The molecule has 1 amide bonds. The van der Waals surface area contributed by atoms with Gasteiger partial charge in [-0.15, -0.1) is 0 Å². The van der Waals surface area contributed by atoms with Gasteiger partial charge in [-0.1, -0.05) is 0 Å². The van der Waals surface area contributed by atoms with Crippen LogP contribution in [-0.2, 0) is 24.3 Å². The maximum Gasteiger partial charge on any atom is 0.239 e. The third-order valence-electron chi connectivity index (χ3n) is 8.01. The van der Waals surface area contributed by atoms with E-state index in [0.717, 1.165) is 24.7 Å². The number of nitrogens with one attached hydrogen (secondary N) is 1. The van der Waals surface area contributed by atoms with Gasteiger partial charge in [-0.05, 0) is 76.5 Å². The van der Waals surface area contributed by atoms with E-state index in [1.807, 2.05) is 13.8 Å². The van der Waals surface area contributed by atoms with Gasteiger partial charge in [-0.25, -0.2) is 0 Å². The zero-order valence-electron chi connectivity index (χ0n) is 17.8. The molecule has 0 atom stereocenters. The van der Waals surface area contributed by atoms with Gasteiger partial charge in [-0.3, -0.25) is 4.79 Å². The third kappa shape index (κ3) is 3.85. The van der Waals surface area contributed by atoms with Crippen LogP contribution in [0.4, 0.5) is 0 Å². The van der Waals surface area contributed by atoms with Crippen LogP contribution < -0.4 is 11.1 Å². The van der Waals surface area contributed by atoms with E-state index in [1.54, 1.807) is 0 Å². The Balaban J connectivity index is 1.12. The Morgan fingerprint density at radius 3 is 2.03 bits per heavy atom. The summed E-state index contributed by atoms with van der Waals surface area (Å²) in [6.07, 6.45) is 9.66. The zero-order chi connectivity index (χ0) is 20.3. The number of rotatable bonds is 4. The van der Waals surface area contributed by atoms with Crippen molar-refractivity contribution in [3.8, 4) is 0 Å². The van der Waals surface area contributed by atoms with E-state index < -0.39 is 17.1 Å². The first-order chi connectivity index (χ1) is 13.8. The minimum absolute atomic E-state index is 0.0648. The van der Waals surface area contributed by atoms with Crippen molar-refractivity contribution in [2.45, 2.75) is 95.2 Å². The maximum atomic E-state index is 12.2. The molecule has 0 radical (unpaired) electrons. The molecule has 5 aliphatic carbocycles. The van der Waals surface area contributed by atoms with Crippen molar-refractivity contribution < 1.29 is 24.3 Å². The number of carbonyl (C=O) groups is 1. The molecule has 7 heteroatoms. The van der Waals surface area contributed by atoms with Gasteiger partial charge in [0.05, 0.1) is 0 Å². The van der Waals surface area contributed by atoms with Gasteiger partial charge in [-0.2, -0.15) is 19.6 Å². The van der Waals surface area contributed by atoms with Crippen molar-refractivity contribution >= 4 is 5.91 Å². The van der Waals surface area contributed by atoms with Crippen molar-refractivity contribution in [3.05, 3.63) is 0 Å². The lowest BCUT2D eigenvalue weighted by molar-refractivity contribution is -0.680. The van der Waals surface area contributed by atoms with Crippen LogP contribution in [0.5, 0.6) is 0 Å². The fraction of sp³-hybridized carbons (Fsp3) is 0.955. The molecule has 0 aromatic rings. The molecule has 4 bridgehead atoms. The molecule has 2 spiro atoms. The number of hydrogen-bond donors (Lipinski definition) is 2. The van der Waals surface area contributed by atoms with E-state index in [2.05, 4.69) is 5.32 Å². The van der Waals surface area contributed by atoms with Crippen molar-refractivity contribution in [1.82, 2.24) is 5.32 Å². The summed E-state index contributed by atoms with van der Waals surface area (Å²) in [7, 11) is 0. The topological polar surface area (TPSA) is 92.0 Å². The lowest BCUT2D eigenvalue weighted by Crippen LogP contribution is -2.64. The van der Waals surface area contributed by atoms with Crippen molar-refractivity contribution in [2.75, 3.05) is 6.54 Å². The smallest absolute Gasteiger partial charge is 0.239 e. The summed E-state index contributed by atoms with van der Waals surface area (Å²) in [4.78, 5) is 36.3. The van der Waals surface area contributed by atoms with Crippen LogP contribution in [0.25, 0.3) is 0 Å². The Morgan fingerprint density at radius 1 is 0.966 bits per heavy atom.